The number of aromatic nitrogens is 1. The number of hydrogen-bond donors (Lipinski definition) is 2. The molecule has 3 aromatic rings. The van der Waals surface area contributed by atoms with Crippen LogP contribution >= 0.6 is 11.6 Å². The first-order valence-electron chi connectivity index (χ1n) is 7.47. The number of anilines is 2. The number of benzene rings is 2. The van der Waals surface area contributed by atoms with Gasteiger partial charge in [0.05, 0.1) is 15.6 Å². The normalized spacial score (nSPS) is 11.2. The van der Waals surface area contributed by atoms with Crippen molar-refractivity contribution in [1.29, 1.82) is 0 Å². The number of hydrogen-bond acceptors (Lipinski definition) is 5. The molecule has 0 saturated carbocycles. The summed E-state index contributed by atoms with van der Waals surface area (Å²) in [4.78, 5) is 12.2. The zero-order chi connectivity index (χ0) is 18.7. The third kappa shape index (κ3) is 4.04. The van der Waals surface area contributed by atoms with Crippen LogP contribution in [0.25, 0.3) is 0 Å². The van der Waals surface area contributed by atoms with E-state index in [-0.39, 0.29) is 27.0 Å². The lowest BCUT2D eigenvalue weighted by atomic mass is 10.2. The van der Waals surface area contributed by atoms with Crippen LogP contribution in [-0.4, -0.2) is 19.5 Å². The molecular weight excluding hydrogens is 378 g/mol. The Bertz CT molecular complexity index is 1050. The molecule has 0 saturated heterocycles. The number of aryl methyl sites for hydroxylation is 1. The van der Waals surface area contributed by atoms with Gasteiger partial charge in [0.2, 0.25) is 0 Å². The molecule has 1 amide bonds. The zero-order valence-electron chi connectivity index (χ0n) is 13.6. The summed E-state index contributed by atoms with van der Waals surface area (Å²) in [6.07, 6.45) is 0. The van der Waals surface area contributed by atoms with Gasteiger partial charge in [-0.15, -0.1) is 0 Å². The first kappa shape index (κ1) is 18.0. The number of sulfonamides is 1. The molecule has 134 valence electrons. The zero-order valence-corrected chi connectivity index (χ0v) is 15.1. The van der Waals surface area contributed by atoms with Crippen molar-refractivity contribution in [2.24, 2.45) is 0 Å². The highest BCUT2D eigenvalue weighted by molar-refractivity contribution is 7.92. The minimum absolute atomic E-state index is 0.00579. The Morgan fingerprint density at radius 1 is 1.12 bits per heavy atom. The lowest BCUT2D eigenvalue weighted by Crippen LogP contribution is -2.15. The van der Waals surface area contributed by atoms with Gasteiger partial charge >= 0.3 is 0 Å². The number of nitrogens with zero attached hydrogens (tertiary/aromatic N) is 1. The number of carbonyl (C=O) groups excluding carboxylic acids is 1. The van der Waals surface area contributed by atoms with Crippen molar-refractivity contribution in [2.45, 2.75) is 11.8 Å². The van der Waals surface area contributed by atoms with E-state index in [2.05, 4.69) is 15.2 Å². The van der Waals surface area contributed by atoms with E-state index in [9.17, 15) is 13.2 Å². The molecule has 0 radical (unpaired) electrons. The van der Waals surface area contributed by atoms with Crippen molar-refractivity contribution < 1.29 is 17.7 Å². The largest absolute Gasteiger partial charge is 0.360 e. The number of amides is 1. The Labute approximate surface area is 155 Å². The van der Waals surface area contributed by atoms with Crippen molar-refractivity contribution in [3.8, 4) is 0 Å². The highest BCUT2D eigenvalue weighted by Gasteiger charge is 2.17. The lowest BCUT2D eigenvalue weighted by Gasteiger charge is -2.10. The van der Waals surface area contributed by atoms with Gasteiger partial charge in [-0.1, -0.05) is 28.9 Å². The third-order valence-corrected chi connectivity index (χ3v) is 5.13. The minimum Gasteiger partial charge on any atom is -0.360 e. The van der Waals surface area contributed by atoms with E-state index in [1.165, 1.54) is 24.3 Å². The molecule has 3 rings (SSSR count). The quantitative estimate of drug-likeness (QED) is 0.690. The van der Waals surface area contributed by atoms with Gasteiger partial charge in [0.1, 0.15) is 5.76 Å². The second-order valence-corrected chi connectivity index (χ2v) is 7.48. The second-order valence-electron chi connectivity index (χ2n) is 5.39. The van der Waals surface area contributed by atoms with Crippen LogP contribution in [0.3, 0.4) is 0 Å². The monoisotopic (exact) mass is 391 g/mol. The van der Waals surface area contributed by atoms with E-state index >= 15 is 0 Å². The molecule has 0 aliphatic rings. The first-order chi connectivity index (χ1) is 12.3. The van der Waals surface area contributed by atoms with Crippen LogP contribution in [0.5, 0.6) is 0 Å². The van der Waals surface area contributed by atoms with Gasteiger partial charge in [-0.25, -0.2) is 8.42 Å². The number of rotatable bonds is 5. The molecule has 0 atom stereocenters. The molecule has 0 aliphatic carbocycles. The molecule has 1 heterocycles. The molecule has 2 N–H and O–H groups in total. The van der Waals surface area contributed by atoms with E-state index in [0.29, 0.717) is 5.76 Å². The van der Waals surface area contributed by atoms with Gasteiger partial charge in [-0.05, 0) is 43.3 Å². The summed E-state index contributed by atoms with van der Waals surface area (Å²) in [6, 6.07) is 13.6. The maximum atomic E-state index is 12.4. The highest BCUT2D eigenvalue weighted by atomic mass is 35.5. The van der Waals surface area contributed by atoms with E-state index in [1.807, 2.05) is 0 Å². The van der Waals surface area contributed by atoms with Gasteiger partial charge in [0, 0.05) is 11.6 Å². The van der Waals surface area contributed by atoms with E-state index in [0.717, 1.165) is 0 Å². The topological polar surface area (TPSA) is 101 Å². The molecule has 2 aromatic carbocycles. The number of carbonyl (C=O) groups is 1. The molecule has 26 heavy (non-hydrogen) atoms. The summed E-state index contributed by atoms with van der Waals surface area (Å²) in [5, 5.41) is 6.51. The van der Waals surface area contributed by atoms with Crippen LogP contribution in [0.2, 0.25) is 5.02 Å². The van der Waals surface area contributed by atoms with Gasteiger partial charge in [-0.2, -0.15) is 0 Å². The molecule has 7 nitrogen and oxygen atoms in total. The lowest BCUT2D eigenvalue weighted by molar-refractivity contribution is 0.102. The minimum atomic E-state index is -3.83. The fraction of sp³-hybridized carbons (Fsp3) is 0.0588. The first-order valence-corrected chi connectivity index (χ1v) is 9.33. The molecular formula is C17H14ClN3O4S. The average Bonchev–Trinajstić information content (AvgIpc) is 3.02. The van der Waals surface area contributed by atoms with Gasteiger partial charge in [-0.3, -0.25) is 9.52 Å². The summed E-state index contributed by atoms with van der Waals surface area (Å²) in [5.74, 6) is 0.415. The van der Waals surface area contributed by atoms with Gasteiger partial charge < -0.3 is 9.84 Å². The maximum Gasteiger partial charge on any atom is 0.261 e. The molecule has 0 bridgehead atoms. The Kier molecular flexibility index (Phi) is 4.97. The van der Waals surface area contributed by atoms with Gasteiger partial charge in [0.15, 0.2) is 5.82 Å². The van der Waals surface area contributed by atoms with Crippen molar-refractivity contribution in [2.75, 3.05) is 10.0 Å². The summed E-state index contributed by atoms with van der Waals surface area (Å²) >= 11 is 5.97. The fourth-order valence-electron chi connectivity index (χ4n) is 2.15. The maximum absolute atomic E-state index is 12.4. The number of halogens is 1. The number of nitrogens with one attached hydrogen (secondary N) is 2. The molecule has 9 heteroatoms. The van der Waals surface area contributed by atoms with Crippen molar-refractivity contribution >= 4 is 39.0 Å². The average molecular weight is 392 g/mol. The van der Waals surface area contributed by atoms with E-state index < -0.39 is 15.9 Å². The fourth-order valence-corrected chi connectivity index (χ4v) is 3.47. The predicted molar refractivity (Wildman–Crippen MR) is 97.9 cm³/mol. The van der Waals surface area contributed by atoms with Crippen molar-refractivity contribution in [1.82, 2.24) is 5.16 Å². The smallest absolute Gasteiger partial charge is 0.261 e. The standard InChI is InChI=1S/C17H14ClN3O4S/c1-11-10-16(20-25-11)19-17(22)12-6-8-13(9-7-12)26(23,24)21-15-5-3-2-4-14(15)18/h2-10,21H,1H3,(H,19,20,22). The Hall–Kier alpha value is -2.84. The van der Waals surface area contributed by atoms with Crippen LogP contribution < -0.4 is 10.0 Å². The van der Waals surface area contributed by atoms with Crippen LogP contribution in [0.15, 0.2) is 64.0 Å². The molecule has 0 fully saturated rings. The number of para-hydroxylation sites is 1. The van der Waals surface area contributed by atoms with E-state index in [1.54, 1.807) is 37.3 Å². The van der Waals surface area contributed by atoms with Crippen molar-refractivity contribution in [3.05, 3.63) is 70.9 Å². The Morgan fingerprint density at radius 3 is 2.42 bits per heavy atom. The second kappa shape index (κ2) is 7.19. The third-order valence-electron chi connectivity index (χ3n) is 3.41. The van der Waals surface area contributed by atoms with Crippen LogP contribution in [-0.2, 0) is 10.0 Å². The van der Waals surface area contributed by atoms with Crippen LogP contribution in [0.1, 0.15) is 16.1 Å². The van der Waals surface area contributed by atoms with E-state index in [4.69, 9.17) is 16.1 Å². The summed E-state index contributed by atoms with van der Waals surface area (Å²) in [5.41, 5.74) is 0.555. The summed E-state index contributed by atoms with van der Waals surface area (Å²) < 4.78 is 32.2. The molecule has 0 unspecified atom stereocenters. The summed E-state index contributed by atoms with van der Waals surface area (Å²) in [6.45, 7) is 1.70. The SMILES string of the molecule is Cc1cc(NC(=O)c2ccc(S(=O)(=O)Nc3ccccc3Cl)cc2)no1. The van der Waals surface area contributed by atoms with Crippen LogP contribution in [0, 0.1) is 6.92 Å². The Balaban J connectivity index is 1.76. The molecule has 0 spiro atoms. The predicted octanol–water partition coefficient (Wildman–Crippen LogP) is 3.69. The molecule has 1 aromatic heterocycles. The molecule has 0 aliphatic heterocycles. The van der Waals surface area contributed by atoms with Gasteiger partial charge in [0.25, 0.3) is 15.9 Å². The Morgan fingerprint density at radius 2 is 1.81 bits per heavy atom. The summed E-state index contributed by atoms with van der Waals surface area (Å²) in [7, 11) is -3.83. The van der Waals surface area contributed by atoms with Crippen molar-refractivity contribution in [3.63, 3.8) is 0 Å². The highest BCUT2D eigenvalue weighted by Crippen LogP contribution is 2.24. The van der Waals surface area contributed by atoms with Crippen LogP contribution in [0.4, 0.5) is 11.5 Å².